The maximum atomic E-state index is 15.4. The van der Waals surface area contributed by atoms with Crippen molar-refractivity contribution in [1.82, 2.24) is 29.5 Å². The summed E-state index contributed by atoms with van der Waals surface area (Å²) in [5.41, 5.74) is 2.41. The molecule has 0 unspecified atom stereocenters. The van der Waals surface area contributed by atoms with Gasteiger partial charge in [0.15, 0.2) is 11.5 Å². The minimum atomic E-state index is -0.593. The number of benzene rings is 1. The number of nitrogens with one attached hydrogen (secondary N) is 2. The summed E-state index contributed by atoms with van der Waals surface area (Å²) < 4.78 is 18.8. The minimum absolute atomic E-state index is 0.0798. The number of anilines is 2. The van der Waals surface area contributed by atoms with Crippen molar-refractivity contribution in [2.45, 2.75) is 46.6 Å². The van der Waals surface area contributed by atoms with Crippen LogP contribution in [0.4, 0.5) is 15.9 Å². The second-order valence-electron chi connectivity index (χ2n) is 8.46. The number of rotatable bonds is 5. The van der Waals surface area contributed by atoms with Gasteiger partial charge in [-0.25, -0.2) is 9.37 Å². The molecule has 9 nitrogen and oxygen atoms in total. The van der Waals surface area contributed by atoms with E-state index in [1.807, 2.05) is 27.0 Å². The lowest BCUT2D eigenvalue weighted by Crippen LogP contribution is -2.42. The average Bonchev–Trinajstić information content (AvgIpc) is 3.44. The predicted octanol–water partition coefficient (Wildman–Crippen LogP) is 3.92. The van der Waals surface area contributed by atoms with Crippen molar-refractivity contribution in [3.63, 3.8) is 0 Å². The van der Waals surface area contributed by atoms with E-state index in [1.54, 1.807) is 34.7 Å². The van der Waals surface area contributed by atoms with Crippen LogP contribution >= 0.6 is 0 Å². The molecule has 0 spiro atoms. The number of carbonyl (C=O) groups excluding carboxylic acids is 1. The summed E-state index contributed by atoms with van der Waals surface area (Å²) in [6.45, 7) is 10.5. The molecule has 1 aliphatic rings. The Labute approximate surface area is 204 Å². The Kier molecular flexibility index (Phi) is 7.30. The molecule has 4 heterocycles. The molecule has 3 aromatic heterocycles. The topological polar surface area (TPSA) is 92.4 Å². The van der Waals surface area contributed by atoms with Crippen LogP contribution in [0.1, 0.15) is 49.7 Å². The summed E-state index contributed by atoms with van der Waals surface area (Å²) in [5, 5.41) is 11.4. The number of fused-ring (bicyclic) bond motifs is 2. The van der Waals surface area contributed by atoms with E-state index in [0.717, 1.165) is 49.2 Å². The largest absolute Gasteiger partial charge is 0.371 e. The number of piperidine rings is 1. The highest BCUT2D eigenvalue weighted by atomic mass is 19.1. The summed E-state index contributed by atoms with van der Waals surface area (Å²) >= 11 is 0. The van der Waals surface area contributed by atoms with Crippen LogP contribution < -0.4 is 15.5 Å². The zero-order valence-electron chi connectivity index (χ0n) is 21.0. The number of halogens is 1. The molecule has 0 aliphatic carbocycles. The van der Waals surface area contributed by atoms with Gasteiger partial charge in [-0.3, -0.25) is 14.5 Å². The van der Waals surface area contributed by atoms with Gasteiger partial charge in [0, 0.05) is 50.2 Å². The maximum Gasteiger partial charge on any atom is 0.262 e. The molecule has 1 aliphatic heterocycles. The number of carbonyl (C=O) groups is 1. The number of hydrogen-bond acceptors (Lipinski definition) is 6. The molecule has 0 bridgehead atoms. The zero-order valence-corrected chi connectivity index (χ0v) is 21.0. The highest BCUT2D eigenvalue weighted by Crippen LogP contribution is 2.33. The summed E-state index contributed by atoms with van der Waals surface area (Å²) in [5.74, 6) is -0.846. The second kappa shape index (κ2) is 10.4. The van der Waals surface area contributed by atoms with E-state index in [9.17, 15) is 4.79 Å². The number of aromatic nitrogens is 5. The molecule has 0 atom stereocenters. The van der Waals surface area contributed by atoms with Crippen LogP contribution in [-0.2, 0) is 7.05 Å². The quantitative estimate of drug-likeness (QED) is 0.450. The van der Waals surface area contributed by atoms with Gasteiger partial charge in [0.1, 0.15) is 16.9 Å². The third kappa shape index (κ3) is 4.84. The van der Waals surface area contributed by atoms with E-state index < -0.39 is 11.7 Å². The lowest BCUT2D eigenvalue weighted by molar-refractivity contribution is 0.102. The van der Waals surface area contributed by atoms with Gasteiger partial charge in [0.2, 0.25) is 0 Å². The van der Waals surface area contributed by atoms with Crippen molar-refractivity contribution in [2.24, 2.45) is 7.05 Å². The standard InChI is InChI=1S/C23H27FN8O.C2H6/c1-4-25-15-5-8-31(9-6-15)18-11-17(24)20(21-16(18)12-30(3)29-21)23(33)28-19-13-32-10-7-26-14(2)22(32)27-19;1-2/h7,10-13,15,25H,4-6,8-9H2,1-3H3,(H,28,33);1-2H3. The number of hydrogen-bond donors (Lipinski definition) is 2. The number of nitrogens with zero attached hydrogens (tertiary/aromatic N) is 6. The van der Waals surface area contributed by atoms with Crippen LogP contribution in [-0.4, -0.2) is 55.7 Å². The fourth-order valence-corrected chi connectivity index (χ4v) is 4.62. The second-order valence-corrected chi connectivity index (χ2v) is 8.46. The fourth-order valence-electron chi connectivity index (χ4n) is 4.62. The lowest BCUT2D eigenvalue weighted by Gasteiger charge is -2.34. The Balaban J connectivity index is 0.00000141. The molecular weight excluding hydrogens is 447 g/mol. The van der Waals surface area contributed by atoms with Gasteiger partial charge in [0.25, 0.3) is 5.91 Å². The smallest absolute Gasteiger partial charge is 0.262 e. The summed E-state index contributed by atoms with van der Waals surface area (Å²) in [6, 6.07) is 1.94. The van der Waals surface area contributed by atoms with Crippen molar-refractivity contribution in [3.05, 3.63) is 47.9 Å². The molecule has 1 amide bonds. The van der Waals surface area contributed by atoms with Crippen LogP contribution in [0.2, 0.25) is 0 Å². The molecule has 35 heavy (non-hydrogen) atoms. The normalized spacial score (nSPS) is 14.3. The Bertz CT molecular complexity index is 1340. The van der Waals surface area contributed by atoms with Crippen molar-refractivity contribution >= 4 is 34.0 Å². The monoisotopic (exact) mass is 480 g/mol. The van der Waals surface area contributed by atoms with Crippen molar-refractivity contribution in [3.8, 4) is 0 Å². The molecule has 1 aromatic carbocycles. The SMILES string of the molecule is CC.CCNC1CCN(c2cc(F)c(C(=O)Nc3cn4ccnc(C)c4n3)c3nn(C)cc23)CC1. The first-order valence-corrected chi connectivity index (χ1v) is 12.2. The maximum absolute atomic E-state index is 15.4. The highest BCUT2D eigenvalue weighted by molar-refractivity contribution is 6.14. The van der Waals surface area contributed by atoms with Gasteiger partial charge < -0.3 is 19.9 Å². The first kappa shape index (κ1) is 24.6. The van der Waals surface area contributed by atoms with Crippen LogP contribution in [0.25, 0.3) is 16.6 Å². The summed E-state index contributed by atoms with van der Waals surface area (Å²) in [6.07, 6.45) is 8.90. The predicted molar refractivity (Wildman–Crippen MR) is 137 cm³/mol. The van der Waals surface area contributed by atoms with E-state index in [-0.39, 0.29) is 5.56 Å². The average molecular weight is 481 g/mol. The van der Waals surface area contributed by atoms with Gasteiger partial charge in [-0.15, -0.1) is 0 Å². The van der Waals surface area contributed by atoms with Crippen molar-refractivity contribution < 1.29 is 9.18 Å². The van der Waals surface area contributed by atoms with E-state index in [2.05, 4.69) is 37.5 Å². The molecule has 2 N–H and O–H groups in total. The Morgan fingerprint density at radius 3 is 2.66 bits per heavy atom. The van der Waals surface area contributed by atoms with E-state index >= 15 is 4.39 Å². The molecule has 4 aromatic rings. The zero-order chi connectivity index (χ0) is 25.1. The Morgan fingerprint density at radius 2 is 1.97 bits per heavy atom. The van der Waals surface area contributed by atoms with Crippen molar-refractivity contribution in [2.75, 3.05) is 29.9 Å². The molecule has 0 saturated carbocycles. The number of imidazole rings is 1. The van der Waals surface area contributed by atoms with E-state index in [1.165, 1.54) is 6.07 Å². The third-order valence-electron chi connectivity index (χ3n) is 6.19. The van der Waals surface area contributed by atoms with Gasteiger partial charge in [-0.1, -0.05) is 20.8 Å². The molecule has 186 valence electrons. The van der Waals surface area contributed by atoms with Gasteiger partial charge in [0.05, 0.1) is 17.6 Å². The minimum Gasteiger partial charge on any atom is -0.371 e. The fraction of sp³-hybridized carbons (Fsp3) is 0.440. The van der Waals surface area contributed by atoms with E-state index in [0.29, 0.717) is 23.0 Å². The number of amides is 1. The van der Waals surface area contributed by atoms with Crippen molar-refractivity contribution in [1.29, 1.82) is 0 Å². The van der Waals surface area contributed by atoms with Crippen LogP contribution in [0, 0.1) is 12.7 Å². The van der Waals surface area contributed by atoms with Crippen LogP contribution in [0.5, 0.6) is 0 Å². The first-order chi connectivity index (χ1) is 16.9. The van der Waals surface area contributed by atoms with Crippen LogP contribution in [0.3, 0.4) is 0 Å². The molecule has 1 saturated heterocycles. The Hall–Kier alpha value is -3.53. The first-order valence-electron chi connectivity index (χ1n) is 12.2. The number of aryl methyl sites for hydroxylation is 2. The lowest BCUT2D eigenvalue weighted by atomic mass is 10.0. The summed E-state index contributed by atoms with van der Waals surface area (Å²) in [4.78, 5) is 23.9. The van der Waals surface area contributed by atoms with Crippen LogP contribution in [0.15, 0.2) is 30.9 Å². The molecule has 1 fully saturated rings. The van der Waals surface area contributed by atoms with Gasteiger partial charge in [-0.2, -0.15) is 5.10 Å². The van der Waals surface area contributed by atoms with E-state index in [4.69, 9.17) is 0 Å². The molecule has 5 rings (SSSR count). The molecular formula is C25H33FN8O. The van der Waals surface area contributed by atoms with Gasteiger partial charge in [-0.05, 0) is 32.4 Å². The van der Waals surface area contributed by atoms with Gasteiger partial charge >= 0.3 is 0 Å². The Morgan fingerprint density at radius 1 is 1.23 bits per heavy atom. The summed E-state index contributed by atoms with van der Waals surface area (Å²) in [7, 11) is 1.78. The molecule has 0 radical (unpaired) electrons. The third-order valence-corrected chi connectivity index (χ3v) is 6.19. The highest BCUT2D eigenvalue weighted by Gasteiger charge is 2.26. The molecule has 10 heteroatoms.